The van der Waals surface area contributed by atoms with Gasteiger partial charge in [-0.3, -0.25) is 9.69 Å². The molecule has 0 radical (unpaired) electrons. The maximum Gasteiger partial charge on any atom is 0.174 e. The molecule has 112 valence electrons. The van der Waals surface area contributed by atoms with Gasteiger partial charge in [0.25, 0.3) is 0 Å². The lowest BCUT2D eigenvalue weighted by molar-refractivity contribution is 0.0378. The third-order valence-corrected chi connectivity index (χ3v) is 4.54. The van der Waals surface area contributed by atoms with Crippen LogP contribution in [-0.4, -0.2) is 50.1 Å². The molecule has 0 amide bonds. The minimum atomic E-state index is 0.119. The van der Waals surface area contributed by atoms with E-state index < -0.39 is 0 Å². The van der Waals surface area contributed by atoms with E-state index in [-0.39, 0.29) is 5.78 Å². The summed E-state index contributed by atoms with van der Waals surface area (Å²) in [4.78, 5) is 14.8. The number of anilines is 2. The summed E-state index contributed by atoms with van der Waals surface area (Å²) in [5, 5.41) is 4.34. The zero-order valence-electron chi connectivity index (χ0n) is 12.0. The van der Waals surface area contributed by atoms with Crippen LogP contribution in [0.25, 0.3) is 0 Å². The largest absolute Gasteiger partial charge is 0.397 e. The number of nitrogens with one attached hydrogen (secondary N) is 1. The Morgan fingerprint density at radius 2 is 2.25 bits per heavy atom. The summed E-state index contributed by atoms with van der Waals surface area (Å²) < 4.78 is 5.32. The number of carbonyl (C=O) groups excluding carboxylic acids is 1. The number of Topliss-reactive ketones (excluding diaryl/α,β-unsaturated/α-hetero) is 1. The molecule has 0 atom stereocenters. The van der Waals surface area contributed by atoms with Crippen molar-refractivity contribution in [1.29, 1.82) is 0 Å². The number of nitrogens with zero attached hydrogens (tertiary/aromatic N) is 1. The van der Waals surface area contributed by atoms with Crippen molar-refractivity contribution in [3.8, 4) is 0 Å². The lowest BCUT2D eigenvalue weighted by atomic mass is 10.2. The van der Waals surface area contributed by atoms with Crippen LogP contribution in [0.4, 0.5) is 10.7 Å². The predicted octanol–water partition coefficient (Wildman–Crippen LogP) is 2.06. The minimum Gasteiger partial charge on any atom is -0.397 e. The minimum absolute atomic E-state index is 0.119. The van der Waals surface area contributed by atoms with Gasteiger partial charge >= 0.3 is 0 Å². The number of nitrogens with two attached hydrogens (primary N) is 1. The normalized spacial score (nSPS) is 16.2. The van der Waals surface area contributed by atoms with Crippen molar-refractivity contribution in [3.05, 3.63) is 10.9 Å². The standard InChI is InChI=1S/C14H23N3O2S/c1-2-12(18)14-11(15)10-13(20-14)16-4-3-5-17-6-8-19-9-7-17/h10,16H,2-9,15H2,1H3. The van der Waals surface area contributed by atoms with Crippen molar-refractivity contribution < 1.29 is 9.53 Å². The van der Waals surface area contributed by atoms with Gasteiger partial charge in [0.1, 0.15) is 0 Å². The van der Waals surface area contributed by atoms with Crippen molar-refractivity contribution in [2.24, 2.45) is 0 Å². The molecule has 0 unspecified atom stereocenters. The van der Waals surface area contributed by atoms with Gasteiger partial charge in [-0.25, -0.2) is 0 Å². The molecular weight excluding hydrogens is 274 g/mol. The second kappa shape index (κ2) is 7.61. The van der Waals surface area contributed by atoms with Crippen LogP contribution in [0.1, 0.15) is 29.4 Å². The summed E-state index contributed by atoms with van der Waals surface area (Å²) >= 11 is 1.46. The molecule has 0 aromatic carbocycles. The highest BCUT2D eigenvalue weighted by atomic mass is 32.1. The summed E-state index contributed by atoms with van der Waals surface area (Å²) in [5.74, 6) is 0.119. The molecule has 5 nitrogen and oxygen atoms in total. The molecule has 20 heavy (non-hydrogen) atoms. The van der Waals surface area contributed by atoms with Crippen LogP contribution in [0.3, 0.4) is 0 Å². The van der Waals surface area contributed by atoms with Gasteiger partial charge in [-0.2, -0.15) is 0 Å². The van der Waals surface area contributed by atoms with Crippen molar-refractivity contribution >= 4 is 27.8 Å². The molecule has 2 rings (SSSR count). The van der Waals surface area contributed by atoms with Crippen LogP contribution in [0, 0.1) is 0 Å². The molecule has 0 bridgehead atoms. The second-order valence-corrected chi connectivity index (χ2v) is 5.96. The highest BCUT2D eigenvalue weighted by Crippen LogP contribution is 2.30. The maximum absolute atomic E-state index is 11.7. The smallest absolute Gasteiger partial charge is 0.174 e. The molecule has 1 fully saturated rings. The van der Waals surface area contributed by atoms with Crippen molar-refractivity contribution in [2.75, 3.05) is 50.4 Å². The Balaban J connectivity index is 1.72. The Labute approximate surface area is 124 Å². The van der Waals surface area contributed by atoms with Gasteiger partial charge < -0.3 is 15.8 Å². The third-order valence-electron chi connectivity index (χ3n) is 3.39. The number of carbonyl (C=O) groups is 1. The Kier molecular flexibility index (Phi) is 5.82. The van der Waals surface area contributed by atoms with E-state index in [1.54, 1.807) is 0 Å². The second-order valence-electron chi connectivity index (χ2n) is 4.91. The van der Waals surface area contributed by atoms with Gasteiger partial charge in [0.15, 0.2) is 5.78 Å². The lowest BCUT2D eigenvalue weighted by Crippen LogP contribution is -2.37. The van der Waals surface area contributed by atoms with E-state index in [0.717, 1.165) is 50.8 Å². The van der Waals surface area contributed by atoms with Gasteiger partial charge in [-0.05, 0) is 19.0 Å². The molecule has 1 aliphatic heterocycles. The molecule has 2 heterocycles. The number of hydrogen-bond acceptors (Lipinski definition) is 6. The van der Waals surface area contributed by atoms with Crippen LogP contribution < -0.4 is 11.1 Å². The maximum atomic E-state index is 11.7. The molecule has 0 aliphatic carbocycles. The van der Waals surface area contributed by atoms with Gasteiger partial charge in [0.05, 0.1) is 28.8 Å². The summed E-state index contributed by atoms with van der Waals surface area (Å²) in [6, 6.07) is 1.86. The van der Waals surface area contributed by atoms with E-state index in [9.17, 15) is 4.79 Å². The van der Waals surface area contributed by atoms with Gasteiger partial charge in [0.2, 0.25) is 0 Å². The number of rotatable bonds is 7. The van der Waals surface area contributed by atoms with E-state index in [2.05, 4.69) is 10.2 Å². The van der Waals surface area contributed by atoms with E-state index in [0.29, 0.717) is 17.0 Å². The van der Waals surface area contributed by atoms with E-state index >= 15 is 0 Å². The van der Waals surface area contributed by atoms with Gasteiger partial charge in [0, 0.05) is 26.1 Å². The average molecular weight is 297 g/mol. The fourth-order valence-electron chi connectivity index (χ4n) is 2.21. The van der Waals surface area contributed by atoms with E-state index in [1.165, 1.54) is 11.3 Å². The summed E-state index contributed by atoms with van der Waals surface area (Å²) in [6.07, 6.45) is 1.58. The lowest BCUT2D eigenvalue weighted by Gasteiger charge is -2.26. The molecule has 0 saturated carbocycles. The van der Waals surface area contributed by atoms with Crippen LogP contribution >= 0.6 is 11.3 Å². The Hall–Kier alpha value is -1.11. The number of ketones is 1. The van der Waals surface area contributed by atoms with Crippen molar-refractivity contribution in [2.45, 2.75) is 19.8 Å². The first kappa shape index (κ1) is 15.3. The van der Waals surface area contributed by atoms with E-state index in [4.69, 9.17) is 10.5 Å². The highest BCUT2D eigenvalue weighted by Gasteiger charge is 2.13. The first-order valence-corrected chi connectivity index (χ1v) is 7.99. The monoisotopic (exact) mass is 297 g/mol. The number of morpholine rings is 1. The molecule has 1 aromatic heterocycles. The Morgan fingerprint density at radius 1 is 1.50 bits per heavy atom. The number of ether oxygens (including phenoxy) is 1. The van der Waals surface area contributed by atoms with Gasteiger partial charge in [-0.1, -0.05) is 6.92 Å². The van der Waals surface area contributed by atoms with Crippen LogP contribution in [-0.2, 0) is 4.74 Å². The van der Waals surface area contributed by atoms with Crippen LogP contribution in [0.5, 0.6) is 0 Å². The molecule has 1 aromatic rings. The topological polar surface area (TPSA) is 67.6 Å². The highest BCUT2D eigenvalue weighted by molar-refractivity contribution is 7.18. The Morgan fingerprint density at radius 3 is 2.95 bits per heavy atom. The Bertz CT molecular complexity index is 442. The first-order chi connectivity index (χ1) is 9.70. The van der Waals surface area contributed by atoms with Crippen LogP contribution in [0.15, 0.2) is 6.07 Å². The van der Waals surface area contributed by atoms with Gasteiger partial charge in [-0.15, -0.1) is 11.3 Å². The fourth-order valence-corrected chi connectivity index (χ4v) is 3.22. The summed E-state index contributed by atoms with van der Waals surface area (Å²) in [6.45, 7) is 7.59. The number of nitrogen functional groups attached to an aromatic ring is 1. The predicted molar refractivity (Wildman–Crippen MR) is 83.7 cm³/mol. The van der Waals surface area contributed by atoms with Crippen LogP contribution in [0.2, 0.25) is 0 Å². The zero-order valence-corrected chi connectivity index (χ0v) is 12.8. The zero-order chi connectivity index (χ0) is 14.4. The quantitative estimate of drug-likeness (QED) is 0.595. The summed E-state index contributed by atoms with van der Waals surface area (Å²) in [7, 11) is 0. The molecule has 6 heteroatoms. The fraction of sp³-hybridized carbons (Fsp3) is 0.643. The van der Waals surface area contributed by atoms with Crippen molar-refractivity contribution in [1.82, 2.24) is 4.90 Å². The third kappa shape index (κ3) is 4.19. The number of thiophene rings is 1. The SMILES string of the molecule is CCC(=O)c1sc(NCCCN2CCOCC2)cc1N. The molecule has 0 spiro atoms. The molecule has 3 N–H and O–H groups in total. The van der Waals surface area contributed by atoms with Crippen molar-refractivity contribution in [3.63, 3.8) is 0 Å². The van der Waals surface area contributed by atoms with E-state index in [1.807, 2.05) is 13.0 Å². The first-order valence-electron chi connectivity index (χ1n) is 7.17. The molecule has 1 aliphatic rings. The summed E-state index contributed by atoms with van der Waals surface area (Å²) in [5.41, 5.74) is 6.46. The average Bonchev–Trinajstić information content (AvgIpc) is 2.85. The molecule has 1 saturated heterocycles. The number of hydrogen-bond donors (Lipinski definition) is 2. The molecular formula is C14H23N3O2S.